The number of alkyl halides is 3. The zero-order valence-corrected chi connectivity index (χ0v) is 19.6. The molecule has 4 aromatic heterocycles. The van der Waals surface area contributed by atoms with Crippen molar-refractivity contribution in [3.63, 3.8) is 0 Å². The fourth-order valence-electron chi connectivity index (χ4n) is 3.82. The summed E-state index contributed by atoms with van der Waals surface area (Å²) in [4.78, 5) is 20.0. The molecule has 0 spiro atoms. The molecular formula is C24H18F3N5S2. The molecule has 0 saturated heterocycles. The minimum absolute atomic E-state index is 0.191. The van der Waals surface area contributed by atoms with Crippen molar-refractivity contribution in [1.29, 1.82) is 0 Å². The van der Waals surface area contributed by atoms with Crippen LogP contribution in [0, 0.1) is 0 Å². The molecule has 1 aliphatic rings. The molecule has 0 unspecified atom stereocenters. The lowest BCUT2D eigenvalue weighted by atomic mass is 10.2. The zero-order valence-electron chi connectivity index (χ0n) is 18.0. The molecule has 10 heteroatoms. The Morgan fingerprint density at radius 1 is 1.06 bits per heavy atom. The lowest BCUT2D eigenvalue weighted by molar-refractivity contribution is -0.137. The Balaban J connectivity index is 1.48. The quantitative estimate of drug-likeness (QED) is 0.249. The van der Waals surface area contributed by atoms with Crippen LogP contribution >= 0.6 is 23.1 Å². The van der Waals surface area contributed by atoms with Crippen LogP contribution in [-0.4, -0.2) is 24.5 Å². The standard InChI is InChI=1S/C24H18F3N5S2/c1-32-20-16(9-15(11-28-20)24(25,26)27)29-21(32)19-18(33-12-13-5-3-2-4-6-13)10-17-23(31-19)34-22(30-17)14-7-8-14/h2-6,9-11,14H,7-8,12H2,1H3. The van der Waals surface area contributed by atoms with Crippen LogP contribution < -0.4 is 0 Å². The maximum absolute atomic E-state index is 13.2. The fourth-order valence-corrected chi connectivity index (χ4v) is 5.89. The van der Waals surface area contributed by atoms with Crippen LogP contribution in [0.3, 0.4) is 0 Å². The van der Waals surface area contributed by atoms with Crippen LogP contribution in [0.1, 0.15) is 34.9 Å². The first-order valence-electron chi connectivity index (χ1n) is 10.7. The third-order valence-electron chi connectivity index (χ3n) is 5.78. The minimum Gasteiger partial charge on any atom is -0.310 e. The molecular weight excluding hydrogens is 479 g/mol. The first-order valence-corrected chi connectivity index (χ1v) is 12.6. The Hall–Kier alpha value is -2.98. The van der Waals surface area contributed by atoms with Gasteiger partial charge in [0.05, 0.1) is 10.6 Å². The highest BCUT2D eigenvalue weighted by atomic mass is 32.2. The summed E-state index contributed by atoms with van der Waals surface area (Å²) in [6, 6.07) is 13.2. The molecule has 0 aliphatic heterocycles. The molecule has 0 N–H and O–H groups in total. The van der Waals surface area contributed by atoms with Crippen LogP contribution in [0.5, 0.6) is 0 Å². The Morgan fingerprint density at radius 3 is 2.59 bits per heavy atom. The number of aromatic nitrogens is 5. The number of thioether (sulfide) groups is 1. The second-order valence-corrected chi connectivity index (χ2v) is 10.3. The topological polar surface area (TPSA) is 56.5 Å². The van der Waals surface area contributed by atoms with Crippen molar-refractivity contribution in [1.82, 2.24) is 24.5 Å². The molecule has 4 heterocycles. The molecule has 0 atom stereocenters. The highest BCUT2D eigenvalue weighted by Crippen LogP contribution is 2.44. The maximum Gasteiger partial charge on any atom is 0.417 e. The summed E-state index contributed by atoms with van der Waals surface area (Å²) in [6.45, 7) is 0. The molecule has 5 nitrogen and oxygen atoms in total. The van der Waals surface area contributed by atoms with Gasteiger partial charge in [-0.3, -0.25) is 0 Å². The summed E-state index contributed by atoms with van der Waals surface area (Å²) in [7, 11) is 1.75. The van der Waals surface area contributed by atoms with Crippen LogP contribution in [0.25, 0.3) is 33.0 Å². The highest BCUT2D eigenvalue weighted by molar-refractivity contribution is 7.98. The normalized spacial score (nSPS) is 14.4. The second kappa shape index (κ2) is 8.06. The molecule has 6 rings (SSSR count). The van der Waals surface area contributed by atoms with Crippen LogP contribution in [0.15, 0.2) is 53.6 Å². The van der Waals surface area contributed by atoms with Gasteiger partial charge in [0.25, 0.3) is 0 Å². The number of pyridine rings is 2. The molecule has 34 heavy (non-hydrogen) atoms. The van der Waals surface area contributed by atoms with Gasteiger partial charge < -0.3 is 4.57 Å². The van der Waals surface area contributed by atoms with Gasteiger partial charge in [0, 0.05) is 29.8 Å². The number of aryl methyl sites for hydroxylation is 1. The van der Waals surface area contributed by atoms with E-state index in [2.05, 4.69) is 22.1 Å². The lowest BCUT2D eigenvalue weighted by Gasteiger charge is -2.09. The van der Waals surface area contributed by atoms with Crippen molar-refractivity contribution in [3.8, 4) is 11.5 Å². The van der Waals surface area contributed by atoms with Gasteiger partial charge in [0.2, 0.25) is 0 Å². The van der Waals surface area contributed by atoms with Crippen molar-refractivity contribution in [2.24, 2.45) is 7.05 Å². The van der Waals surface area contributed by atoms with E-state index in [1.165, 1.54) is 0 Å². The van der Waals surface area contributed by atoms with Gasteiger partial charge >= 0.3 is 6.18 Å². The SMILES string of the molecule is Cn1c(-c2nc3sc(C4CC4)nc3cc2SCc2ccccc2)nc2cc(C(F)(F)F)cnc21. The van der Waals surface area contributed by atoms with E-state index < -0.39 is 11.7 Å². The predicted octanol–water partition coefficient (Wildman–Crippen LogP) is 6.83. The number of nitrogens with zero attached hydrogens (tertiary/aromatic N) is 5. The molecule has 0 bridgehead atoms. The number of hydrogen-bond donors (Lipinski definition) is 0. The van der Waals surface area contributed by atoms with E-state index in [-0.39, 0.29) is 5.52 Å². The van der Waals surface area contributed by atoms with Gasteiger partial charge in [-0.25, -0.2) is 19.9 Å². The monoisotopic (exact) mass is 497 g/mol. The molecule has 0 amide bonds. The molecule has 172 valence electrons. The van der Waals surface area contributed by atoms with Gasteiger partial charge in [0.15, 0.2) is 11.5 Å². The van der Waals surface area contributed by atoms with E-state index in [1.54, 1.807) is 34.7 Å². The summed E-state index contributed by atoms with van der Waals surface area (Å²) < 4.78 is 41.4. The van der Waals surface area contributed by atoms with Gasteiger partial charge in [-0.05, 0) is 30.5 Å². The molecule has 0 radical (unpaired) electrons. The van der Waals surface area contributed by atoms with Gasteiger partial charge in [-0.1, -0.05) is 41.7 Å². The number of halogens is 3. The van der Waals surface area contributed by atoms with Gasteiger partial charge in [-0.2, -0.15) is 13.2 Å². The van der Waals surface area contributed by atoms with E-state index in [1.807, 2.05) is 24.3 Å². The fraction of sp³-hybridized carbons (Fsp3) is 0.250. The third kappa shape index (κ3) is 3.94. The Morgan fingerprint density at radius 2 is 1.85 bits per heavy atom. The number of benzene rings is 1. The maximum atomic E-state index is 13.2. The summed E-state index contributed by atoms with van der Waals surface area (Å²) in [5.74, 6) is 1.73. The summed E-state index contributed by atoms with van der Waals surface area (Å²) >= 11 is 3.20. The van der Waals surface area contributed by atoms with E-state index in [9.17, 15) is 13.2 Å². The Labute approximate surface area is 201 Å². The van der Waals surface area contributed by atoms with Crippen molar-refractivity contribution in [2.45, 2.75) is 35.6 Å². The van der Waals surface area contributed by atoms with E-state index in [0.29, 0.717) is 23.1 Å². The van der Waals surface area contributed by atoms with E-state index >= 15 is 0 Å². The van der Waals surface area contributed by atoms with Crippen molar-refractivity contribution in [2.75, 3.05) is 0 Å². The Kier molecular flexibility index (Phi) is 5.11. The first kappa shape index (κ1) is 21.5. The largest absolute Gasteiger partial charge is 0.417 e. The number of hydrogen-bond acceptors (Lipinski definition) is 6. The average Bonchev–Trinajstić information content (AvgIpc) is 3.51. The molecule has 1 aliphatic carbocycles. The highest BCUT2D eigenvalue weighted by Gasteiger charge is 2.32. The zero-order chi connectivity index (χ0) is 23.4. The molecule has 5 aromatic rings. The lowest BCUT2D eigenvalue weighted by Crippen LogP contribution is -2.05. The number of thiazole rings is 1. The van der Waals surface area contributed by atoms with E-state index in [4.69, 9.17) is 9.97 Å². The number of imidazole rings is 1. The van der Waals surface area contributed by atoms with Gasteiger partial charge in [0.1, 0.15) is 21.6 Å². The summed E-state index contributed by atoms with van der Waals surface area (Å²) in [6.07, 6.45) is -1.32. The van der Waals surface area contributed by atoms with Crippen LogP contribution in [0.2, 0.25) is 0 Å². The number of fused-ring (bicyclic) bond motifs is 2. The van der Waals surface area contributed by atoms with Gasteiger partial charge in [-0.15, -0.1) is 11.8 Å². The molecule has 1 aromatic carbocycles. The predicted molar refractivity (Wildman–Crippen MR) is 128 cm³/mol. The third-order valence-corrected chi connectivity index (χ3v) is 8.00. The summed E-state index contributed by atoms with van der Waals surface area (Å²) in [5, 5.41) is 1.10. The van der Waals surface area contributed by atoms with Crippen molar-refractivity contribution >= 4 is 44.6 Å². The molecule has 1 saturated carbocycles. The van der Waals surface area contributed by atoms with Crippen molar-refractivity contribution in [3.05, 3.63) is 64.8 Å². The van der Waals surface area contributed by atoms with Crippen molar-refractivity contribution < 1.29 is 13.2 Å². The smallest absolute Gasteiger partial charge is 0.310 e. The Bertz CT molecular complexity index is 1520. The average molecular weight is 498 g/mol. The number of rotatable bonds is 5. The minimum atomic E-state index is -4.48. The first-order chi connectivity index (χ1) is 16.4. The van der Waals surface area contributed by atoms with Crippen LogP contribution in [-0.2, 0) is 19.0 Å². The van der Waals surface area contributed by atoms with E-state index in [0.717, 1.165) is 56.7 Å². The summed E-state index contributed by atoms with van der Waals surface area (Å²) in [5.41, 5.74) is 2.40. The second-order valence-electron chi connectivity index (χ2n) is 8.32. The van der Waals surface area contributed by atoms with Crippen LogP contribution in [0.4, 0.5) is 13.2 Å². The molecule has 1 fully saturated rings.